The van der Waals surface area contributed by atoms with E-state index < -0.39 is 11.5 Å². The number of benzene rings is 2. The molecule has 1 aliphatic carbocycles. The van der Waals surface area contributed by atoms with Gasteiger partial charge in [-0.3, -0.25) is 4.79 Å². The Hall–Kier alpha value is -2.64. The van der Waals surface area contributed by atoms with Crippen LogP contribution in [-0.4, -0.2) is 38.7 Å². The SMILES string of the molecule is O=C(C1CC1)N1CCC(c2n[nH]c(=O)n2-c2ccc(-c3ccc(Cl)c(Cl)c3)cc2F)C1. The van der Waals surface area contributed by atoms with Gasteiger partial charge in [0.05, 0.1) is 15.7 Å². The molecule has 6 nitrogen and oxygen atoms in total. The lowest BCUT2D eigenvalue weighted by molar-refractivity contribution is -0.131. The van der Waals surface area contributed by atoms with Crippen molar-refractivity contribution in [2.24, 2.45) is 5.92 Å². The van der Waals surface area contributed by atoms with Gasteiger partial charge >= 0.3 is 5.69 Å². The first-order valence-corrected chi connectivity index (χ1v) is 10.9. The molecule has 2 aromatic carbocycles. The van der Waals surface area contributed by atoms with Crippen molar-refractivity contribution in [2.75, 3.05) is 13.1 Å². The number of amides is 1. The van der Waals surface area contributed by atoms with E-state index in [9.17, 15) is 9.59 Å². The van der Waals surface area contributed by atoms with Gasteiger partial charge in [0.25, 0.3) is 0 Å². The number of aromatic amines is 1. The molecule has 0 spiro atoms. The first-order chi connectivity index (χ1) is 14.9. The highest BCUT2D eigenvalue weighted by atomic mass is 35.5. The van der Waals surface area contributed by atoms with Crippen molar-refractivity contribution in [1.82, 2.24) is 19.7 Å². The van der Waals surface area contributed by atoms with E-state index in [0.29, 0.717) is 46.5 Å². The highest BCUT2D eigenvalue weighted by Gasteiger charge is 2.38. The van der Waals surface area contributed by atoms with Gasteiger partial charge in [0.2, 0.25) is 5.91 Å². The third-order valence-corrected chi connectivity index (χ3v) is 6.67. The summed E-state index contributed by atoms with van der Waals surface area (Å²) in [6.45, 7) is 1.11. The minimum atomic E-state index is -0.558. The average Bonchev–Trinajstić information content (AvgIpc) is 3.37. The number of rotatable bonds is 4. The molecule has 1 amide bonds. The third kappa shape index (κ3) is 3.77. The number of nitrogens with zero attached hydrogens (tertiary/aromatic N) is 3. The Morgan fingerprint density at radius 2 is 1.81 bits per heavy atom. The van der Waals surface area contributed by atoms with Crippen LogP contribution >= 0.6 is 23.2 Å². The summed E-state index contributed by atoms with van der Waals surface area (Å²) in [4.78, 5) is 26.7. The van der Waals surface area contributed by atoms with E-state index in [0.717, 1.165) is 12.8 Å². The van der Waals surface area contributed by atoms with Crippen LogP contribution in [0.5, 0.6) is 0 Å². The van der Waals surface area contributed by atoms with E-state index in [4.69, 9.17) is 23.2 Å². The lowest BCUT2D eigenvalue weighted by Gasteiger charge is -2.16. The topological polar surface area (TPSA) is 71.0 Å². The molecule has 1 N–H and O–H groups in total. The molecule has 0 bridgehead atoms. The second-order valence-corrected chi connectivity index (χ2v) is 8.88. The van der Waals surface area contributed by atoms with E-state index in [1.54, 1.807) is 30.3 Å². The Morgan fingerprint density at radius 3 is 2.52 bits per heavy atom. The molecule has 3 aromatic rings. The molecule has 1 unspecified atom stereocenters. The summed E-state index contributed by atoms with van der Waals surface area (Å²) in [5, 5.41) is 7.39. The van der Waals surface area contributed by atoms with Crippen molar-refractivity contribution in [3.05, 3.63) is 68.6 Å². The van der Waals surface area contributed by atoms with Gasteiger partial charge < -0.3 is 4.90 Å². The van der Waals surface area contributed by atoms with Crippen molar-refractivity contribution >= 4 is 29.1 Å². The van der Waals surface area contributed by atoms with E-state index in [1.807, 2.05) is 4.90 Å². The molecule has 31 heavy (non-hydrogen) atoms. The lowest BCUT2D eigenvalue weighted by Crippen LogP contribution is -2.30. The number of aromatic nitrogens is 3. The molecule has 2 fully saturated rings. The molecule has 2 aliphatic rings. The van der Waals surface area contributed by atoms with Crippen molar-refractivity contribution in [1.29, 1.82) is 0 Å². The zero-order valence-corrected chi connectivity index (χ0v) is 18.0. The minimum Gasteiger partial charge on any atom is -0.342 e. The molecule has 1 atom stereocenters. The van der Waals surface area contributed by atoms with Crippen LogP contribution in [-0.2, 0) is 4.79 Å². The highest BCUT2D eigenvalue weighted by Crippen LogP contribution is 2.35. The molecule has 1 aromatic heterocycles. The van der Waals surface area contributed by atoms with Gasteiger partial charge in [-0.2, -0.15) is 5.10 Å². The summed E-state index contributed by atoms with van der Waals surface area (Å²) in [7, 11) is 0. The number of likely N-dealkylation sites (tertiary alicyclic amines) is 1. The van der Waals surface area contributed by atoms with Crippen LogP contribution in [0.15, 0.2) is 41.2 Å². The summed E-state index contributed by atoms with van der Waals surface area (Å²) in [6.07, 6.45) is 2.58. The standard InChI is InChI=1S/C22H19Cl2FN4O2/c23-16-5-3-13(9-17(16)24)14-4-6-19(18(25)10-14)29-20(26-27-22(29)31)15-7-8-28(11-15)21(30)12-1-2-12/h3-6,9-10,12,15H,1-2,7-8,11H2,(H,27,31). The van der Waals surface area contributed by atoms with Crippen LogP contribution in [0, 0.1) is 11.7 Å². The first kappa shape index (κ1) is 20.3. The Morgan fingerprint density at radius 1 is 1.06 bits per heavy atom. The first-order valence-electron chi connectivity index (χ1n) is 10.1. The largest absolute Gasteiger partial charge is 0.348 e. The normalized spacial score (nSPS) is 18.5. The molecule has 9 heteroatoms. The van der Waals surface area contributed by atoms with Crippen LogP contribution in [0.1, 0.15) is 31.0 Å². The van der Waals surface area contributed by atoms with Gasteiger partial charge in [0, 0.05) is 24.9 Å². The van der Waals surface area contributed by atoms with Gasteiger partial charge in [-0.25, -0.2) is 18.9 Å². The molecule has 0 radical (unpaired) electrons. The van der Waals surface area contributed by atoms with Crippen LogP contribution in [0.2, 0.25) is 10.0 Å². The number of carbonyl (C=O) groups is 1. The fraction of sp³-hybridized carbons (Fsp3) is 0.318. The minimum absolute atomic E-state index is 0.115. The predicted octanol–water partition coefficient (Wildman–Crippen LogP) is 4.40. The molecule has 2 heterocycles. The quantitative estimate of drug-likeness (QED) is 0.626. The Kier molecular flexibility index (Phi) is 5.10. The summed E-state index contributed by atoms with van der Waals surface area (Å²) in [5.74, 6) is 0.0703. The maximum atomic E-state index is 15.1. The molecule has 1 saturated heterocycles. The van der Waals surface area contributed by atoms with E-state index in [-0.39, 0.29) is 23.4 Å². The molecule has 5 rings (SSSR count). The zero-order valence-electron chi connectivity index (χ0n) is 16.4. The van der Waals surface area contributed by atoms with Crippen molar-refractivity contribution in [2.45, 2.75) is 25.2 Å². The second-order valence-electron chi connectivity index (χ2n) is 8.06. The summed E-state index contributed by atoms with van der Waals surface area (Å²) < 4.78 is 16.4. The van der Waals surface area contributed by atoms with Gasteiger partial charge in [-0.05, 0) is 54.7 Å². The summed E-state index contributed by atoms with van der Waals surface area (Å²) in [6, 6.07) is 9.70. The van der Waals surface area contributed by atoms with Gasteiger partial charge in [-0.1, -0.05) is 35.3 Å². The van der Waals surface area contributed by atoms with Crippen LogP contribution < -0.4 is 5.69 Å². The number of nitrogens with one attached hydrogen (secondary N) is 1. The molecular formula is C22H19Cl2FN4O2. The van der Waals surface area contributed by atoms with Crippen molar-refractivity contribution < 1.29 is 9.18 Å². The Bertz CT molecular complexity index is 1230. The summed E-state index contributed by atoms with van der Waals surface area (Å²) >= 11 is 12.0. The maximum Gasteiger partial charge on any atom is 0.348 e. The van der Waals surface area contributed by atoms with Gasteiger partial charge in [-0.15, -0.1) is 0 Å². The maximum absolute atomic E-state index is 15.1. The molecular weight excluding hydrogens is 442 g/mol. The van der Waals surface area contributed by atoms with Crippen LogP contribution in [0.3, 0.4) is 0 Å². The predicted molar refractivity (Wildman–Crippen MR) is 116 cm³/mol. The lowest BCUT2D eigenvalue weighted by atomic mass is 10.0. The fourth-order valence-electron chi connectivity index (χ4n) is 4.12. The van der Waals surface area contributed by atoms with Crippen molar-refractivity contribution in [3.63, 3.8) is 0 Å². The smallest absolute Gasteiger partial charge is 0.342 e. The number of hydrogen-bond donors (Lipinski definition) is 1. The van der Waals surface area contributed by atoms with Gasteiger partial charge in [0.1, 0.15) is 11.6 Å². The van der Waals surface area contributed by atoms with E-state index >= 15 is 4.39 Å². The third-order valence-electron chi connectivity index (χ3n) is 5.93. The molecule has 1 saturated carbocycles. The number of carbonyl (C=O) groups excluding carboxylic acids is 1. The fourth-order valence-corrected chi connectivity index (χ4v) is 4.42. The molecule has 160 valence electrons. The molecule has 1 aliphatic heterocycles. The van der Waals surface area contributed by atoms with Crippen LogP contribution in [0.25, 0.3) is 16.8 Å². The second kappa shape index (κ2) is 7.80. The van der Waals surface area contributed by atoms with E-state index in [2.05, 4.69) is 10.2 Å². The average molecular weight is 461 g/mol. The zero-order chi connectivity index (χ0) is 21.7. The Labute approximate surface area is 187 Å². The van der Waals surface area contributed by atoms with Crippen LogP contribution in [0.4, 0.5) is 4.39 Å². The number of halogens is 3. The monoisotopic (exact) mass is 460 g/mol. The summed E-state index contributed by atoms with van der Waals surface area (Å²) in [5.41, 5.74) is 0.928. The van der Waals surface area contributed by atoms with Gasteiger partial charge in [0.15, 0.2) is 0 Å². The number of H-pyrrole nitrogens is 1. The Balaban J connectivity index is 1.46. The van der Waals surface area contributed by atoms with Crippen molar-refractivity contribution in [3.8, 4) is 16.8 Å². The highest BCUT2D eigenvalue weighted by molar-refractivity contribution is 6.42. The van der Waals surface area contributed by atoms with E-state index in [1.165, 1.54) is 10.6 Å². The number of hydrogen-bond acceptors (Lipinski definition) is 3.